The highest BCUT2D eigenvalue weighted by Crippen LogP contribution is 2.48. The van der Waals surface area contributed by atoms with E-state index >= 15 is 0 Å². The van der Waals surface area contributed by atoms with E-state index in [0.717, 1.165) is 37.4 Å². The Morgan fingerprint density at radius 1 is 1.44 bits per heavy atom. The molecule has 1 aliphatic carbocycles. The van der Waals surface area contributed by atoms with Crippen LogP contribution in [0, 0.1) is 5.41 Å². The number of hydrogen-bond acceptors (Lipinski definition) is 4. The van der Waals surface area contributed by atoms with Crippen molar-refractivity contribution in [3.05, 3.63) is 17.0 Å². The molecule has 0 aliphatic heterocycles. The van der Waals surface area contributed by atoms with Gasteiger partial charge >= 0.3 is 0 Å². The van der Waals surface area contributed by atoms with Crippen molar-refractivity contribution in [1.29, 1.82) is 0 Å². The summed E-state index contributed by atoms with van der Waals surface area (Å²) in [6.07, 6.45) is 6.00. The molecule has 1 heterocycles. The molecule has 100 valence electrons. The average molecular weight is 270 g/mol. The Bertz CT molecular complexity index is 407. The molecule has 0 amide bonds. The number of methoxy groups -OCH3 is 1. The fraction of sp³-hybridized carbons (Fsp3) is 0.692. The lowest BCUT2D eigenvalue weighted by molar-refractivity contribution is 0.175. The molecule has 1 aromatic heterocycles. The van der Waals surface area contributed by atoms with E-state index in [-0.39, 0.29) is 0 Å². The molecular weight excluding hydrogens is 250 g/mol. The molecule has 0 unspecified atom stereocenters. The number of halogens is 1. The number of aromatic nitrogens is 2. The molecule has 1 aromatic rings. The third-order valence-corrected chi connectivity index (χ3v) is 4.00. The van der Waals surface area contributed by atoms with Crippen LogP contribution in [0.1, 0.15) is 31.7 Å². The molecule has 5 heteroatoms. The first kappa shape index (κ1) is 13.6. The minimum atomic E-state index is 0.401. The highest BCUT2D eigenvalue weighted by molar-refractivity contribution is 6.30. The third-order valence-electron chi connectivity index (χ3n) is 3.67. The Kier molecular flexibility index (Phi) is 4.40. The highest BCUT2D eigenvalue weighted by Gasteiger charge is 2.41. The van der Waals surface area contributed by atoms with Gasteiger partial charge in [0, 0.05) is 25.8 Å². The van der Waals surface area contributed by atoms with Gasteiger partial charge in [0.25, 0.3) is 0 Å². The maximum absolute atomic E-state index is 6.07. The van der Waals surface area contributed by atoms with Crippen molar-refractivity contribution >= 4 is 17.4 Å². The van der Waals surface area contributed by atoms with Gasteiger partial charge in [0.1, 0.15) is 17.3 Å². The smallest absolute Gasteiger partial charge is 0.137 e. The maximum atomic E-state index is 6.07. The molecule has 18 heavy (non-hydrogen) atoms. The Balaban J connectivity index is 1.96. The minimum absolute atomic E-state index is 0.401. The highest BCUT2D eigenvalue weighted by atomic mass is 35.5. The summed E-state index contributed by atoms with van der Waals surface area (Å²) in [6, 6.07) is 0. The molecule has 1 aliphatic rings. The lowest BCUT2D eigenvalue weighted by Gasteiger charge is -2.17. The zero-order valence-corrected chi connectivity index (χ0v) is 11.8. The molecule has 1 fully saturated rings. The Morgan fingerprint density at radius 2 is 2.22 bits per heavy atom. The predicted octanol–water partition coefficient (Wildman–Crippen LogP) is 2.92. The lowest BCUT2D eigenvalue weighted by Crippen LogP contribution is -2.18. The van der Waals surface area contributed by atoms with Crippen LogP contribution in [0.25, 0.3) is 0 Å². The Hall–Kier alpha value is -0.870. The average Bonchev–Trinajstić information content (AvgIpc) is 3.15. The van der Waals surface area contributed by atoms with Crippen LogP contribution in [0.4, 0.5) is 5.82 Å². The molecule has 2 rings (SSSR count). The van der Waals surface area contributed by atoms with Crippen LogP contribution in [0.3, 0.4) is 0 Å². The second kappa shape index (κ2) is 5.85. The molecule has 0 saturated heterocycles. The standard InChI is InChI=1S/C13H20ClN3O/c1-3-10-11(14)16-9-17-12(10)15-8-13(4-5-13)6-7-18-2/h9H,3-8H2,1-2H3,(H,15,16,17). The molecule has 4 nitrogen and oxygen atoms in total. The van der Waals surface area contributed by atoms with E-state index in [1.54, 1.807) is 7.11 Å². The van der Waals surface area contributed by atoms with E-state index in [0.29, 0.717) is 10.6 Å². The van der Waals surface area contributed by atoms with Crippen molar-refractivity contribution in [3.63, 3.8) is 0 Å². The van der Waals surface area contributed by atoms with Gasteiger partial charge in [-0.05, 0) is 31.1 Å². The van der Waals surface area contributed by atoms with Crippen molar-refractivity contribution in [2.24, 2.45) is 5.41 Å². The number of rotatable bonds is 7. The van der Waals surface area contributed by atoms with Crippen LogP contribution in [0.2, 0.25) is 5.15 Å². The number of hydrogen-bond donors (Lipinski definition) is 1. The normalized spacial score (nSPS) is 16.6. The van der Waals surface area contributed by atoms with Gasteiger partial charge in [0.2, 0.25) is 0 Å². The number of ether oxygens (including phenoxy) is 1. The van der Waals surface area contributed by atoms with E-state index < -0.39 is 0 Å². The van der Waals surface area contributed by atoms with Crippen molar-refractivity contribution in [2.75, 3.05) is 25.6 Å². The zero-order chi connectivity index (χ0) is 13.0. The first-order chi connectivity index (χ1) is 8.71. The molecule has 1 saturated carbocycles. The monoisotopic (exact) mass is 269 g/mol. The summed E-state index contributed by atoms with van der Waals surface area (Å²) < 4.78 is 5.16. The lowest BCUT2D eigenvalue weighted by atomic mass is 10.0. The van der Waals surface area contributed by atoms with Crippen LogP contribution in [0.5, 0.6) is 0 Å². The van der Waals surface area contributed by atoms with Gasteiger partial charge in [0.15, 0.2) is 0 Å². The van der Waals surface area contributed by atoms with Crippen LogP contribution in [-0.2, 0) is 11.2 Å². The molecule has 0 aromatic carbocycles. The summed E-state index contributed by atoms with van der Waals surface area (Å²) in [7, 11) is 1.75. The Morgan fingerprint density at radius 3 is 2.83 bits per heavy atom. The minimum Gasteiger partial charge on any atom is -0.385 e. The van der Waals surface area contributed by atoms with Gasteiger partial charge in [-0.1, -0.05) is 18.5 Å². The predicted molar refractivity (Wildman–Crippen MR) is 73.1 cm³/mol. The summed E-state index contributed by atoms with van der Waals surface area (Å²) in [5, 5.41) is 3.98. The van der Waals surface area contributed by atoms with Crippen molar-refractivity contribution in [3.8, 4) is 0 Å². The summed E-state index contributed by atoms with van der Waals surface area (Å²) >= 11 is 6.07. The van der Waals surface area contributed by atoms with Crippen LogP contribution >= 0.6 is 11.6 Å². The zero-order valence-electron chi connectivity index (χ0n) is 11.0. The summed E-state index contributed by atoms with van der Waals surface area (Å²) in [5.74, 6) is 0.876. The van der Waals surface area contributed by atoms with Gasteiger partial charge in [-0.15, -0.1) is 0 Å². The van der Waals surface area contributed by atoms with Crippen LogP contribution in [0.15, 0.2) is 6.33 Å². The van der Waals surface area contributed by atoms with Gasteiger partial charge < -0.3 is 10.1 Å². The second-order valence-electron chi connectivity index (χ2n) is 4.94. The van der Waals surface area contributed by atoms with E-state index in [1.807, 2.05) is 0 Å². The van der Waals surface area contributed by atoms with E-state index in [4.69, 9.17) is 16.3 Å². The topological polar surface area (TPSA) is 47.0 Å². The van der Waals surface area contributed by atoms with Crippen molar-refractivity contribution < 1.29 is 4.74 Å². The fourth-order valence-corrected chi connectivity index (χ4v) is 2.40. The van der Waals surface area contributed by atoms with Gasteiger partial charge in [-0.25, -0.2) is 9.97 Å². The molecule has 0 spiro atoms. The largest absolute Gasteiger partial charge is 0.385 e. The number of nitrogens with zero attached hydrogens (tertiary/aromatic N) is 2. The molecule has 0 radical (unpaired) electrons. The molecule has 0 bridgehead atoms. The Labute approximate surface area is 113 Å². The number of anilines is 1. The molecular formula is C13H20ClN3O. The molecule has 1 N–H and O–H groups in total. The van der Waals surface area contributed by atoms with Crippen LogP contribution < -0.4 is 5.32 Å². The van der Waals surface area contributed by atoms with Crippen LogP contribution in [-0.4, -0.2) is 30.2 Å². The SMILES string of the molecule is CCc1c(Cl)ncnc1NCC1(CCOC)CC1. The first-order valence-electron chi connectivity index (χ1n) is 6.43. The van der Waals surface area contributed by atoms with Gasteiger partial charge in [-0.2, -0.15) is 0 Å². The van der Waals surface area contributed by atoms with E-state index in [2.05, 4.69) is 22.2 Å². The maximum Gasteiger partial charge on any atom is 0.137 e. The summed E-state index contributed by atoms with van der Waals surface area (Å²) in [6.45, 7) is 3.83. The fourth-order valence-electron chi connectivity index (χ4n) is 2.14. The summed E-state index contributed by atoms with van der Waals surface area (Å²) in [4.78, 5) is 8.30. The van der Waals surface area contributed by atoms with Gasteiger partial charge in [0.05, 0.1) is 0 Å². The molecule has 0 atom stereocenters. The quantitative estimate of drug-likeness (QED) is 0.773. The number of nitrogens with one attached hydrogen (secondary N) is 1. The summed E-state index contributed by atoms with van der Waals surface area (Å²) in [5.41, 5.74) is 1.40. The van der Waals surface area contributed by atoms with Crippen molar-refractivity contribution in [2.45, 2.75) is 32.6 Å². The first-order valence-corrected chi connectivity index (χ1v) is 6.81. The van der Waals surface area contributed by atoms with Crippen molar-refractivity contribution in [1.82, 2.24) is 9.97 Å². The van der Waals surface area contributed by atoms with E-state index in [9.17, 15) is 0 Å². The van der Waals surface area contributed by atoms with E-state index in [1.165, 1.54) is 19.2 Å². The second-order valence-corrected chi connectivity index (χ2v) is 5.30. The van der Waals surface area contributed by atoms with Gasteiger partial charge in [-0.3, -0.25) is 0 Å². The third kappa shape index (κ3) is 3.12.